The molecule has 2 aliphatic rings. The molecule has 0 aromatic heterocycles. The first-order valence-corrected chi connectivity index (χ1v) is 10.0. The molecular weight excluding hydrogens is 390 g/mol. The van der Waals surface area contributed by atoms with Crippen LogP contribution in [0.1, 0.15) is 36.5 Å². The number of amides is 4. The fourth-order valence-corrected chi connectivity index (χ4v) is 3.42. The van der Waals surface area contributed by atoms with Crippen LogP contribution in [0.15, 0.2) is 24.3 Å². The molecule has 3 rings (SSSR count). The molecule has 2 heterocycles. The molecule has 30 heavy (non-hydrogen) atoms. The van der Waals surface area contributed by atoms with Gasteiger partial charge in [0.05, 0.1) is 0 Å². The van der Waals surface area contributed by atoms with Crippen molar-refractivity contribution in [2.75, 3.05) is 39.3 Å². The Kier molecular flexibility index (Phi) is 6.81. The van der Waals surface area contributed by atoms with E-state index in [1.54, 1.807) is 41.0 Å². The molecule has 0 radical (unpaired) electrons. The number of piperazine rings is 1. The average Bonchev–Trinajstić information content (AvgIpc) is 3.09. The molecule has 160 valence electrons. The van der Waals surface area contributed by atoms with E-state index < -0.39 is 0 Å². The number of benzene rings is 1. The van der Waals surface area contributed by atoms with E-state index in [1.807, 2.05) is 0 Å². The van der Waals surface area contributed by atoms with Crippen molar-refractivity contribution in [3.63, 3.8) is 0 Å². The Labute approximate surface area is 174 Å². The third kappa shape index (κ3) is 5.03. The second-order valence-electron chi connectivity index (χ2n) is 7.22. The largest absolute Gasteiger partial charge is 0.484 e. The van der Waals surface area contributed by atoms with E-state index in [0.29, 0.717) is 43.9 Å². The van der Waals surface area contributed by atoms with E-state index in [9.17, 15) is 24.0 Å². The summed E-state index contributed by atoms with van der Waals surface area (Å²) >= 11 is 0. The van der Waals surface area contributed by atoms with Gasteiger partial charge in [-0.05, 0) is 24.3 Å². The number of carbonyl (C=O) groups is 5. The molecule has 2 fully saturated rings. The van der Waals surface area contributed by atoms with E-state index in [2.05, 4.69) is 0 Å². The summed E-state index contributed by atoms with van der Waals surface area (Å²) < 4.78 is 5.51. The molecule has 0 aliphatic carbocycles. The van der Waals surface area contributed by atoms with Crippen molar-refractivity contribution in [3.05, 3.63) is 29.8 Å². The lowest BCUT2D eigenvalue weighted by molar-refractivity contribution is -0.147. The minimum absolute atomic E-state index is 0.0449. The van der Waals surface area contributed by atoms with Crippen LogP contribution in [0.25, 0.3) is 0 Å². The molecule has 0 spiro atoms. The topological polar surface area (TPSA) is 104 Å². The van der Waals surface area contributed by atoms with Gasteiger partial charge in [0, 0.05) is 51.0 Å². The summed E-state index contributed by atoms with van der Waals surface area (Å²) in [4.78, 5) is 63.9. The van der Waals surface area contributed by atoms with E-state index in [1.165, 1.54) is 0 Å². The van der Waals surface area contributed by atoms with Crippen LogP contribution in [0, 0.1) is 0 Å². The maximum absolute atomic E-state index is 12.4. The van der Waals surface area contributed by atoms with Gasteiger partial charge < -0.3 is 14.5 Å². The van der Waals surface area contributed by atoms with E-state index in [0.717, 1.165) is 4.90 Å². The van der Waals surface area contributed by atoms with Crippen molar-refractivity contribution in [2.45, 2.75) is 26.2 Å². The smallest absolute Gasteiger partial charge is 0.260 e. The number of nitrogens with zero attached hydrogens (tertiary/aromatic N) is 3. The standard InChI is InChI=1S/C21H25N3O6/c1-2-17(25)15-3-5-16(6-4-15)30-14-21(29)23-11-9-22(10-12-23)20(28)13-24-18(26)7-8-19(24)27/h3-6H,2,7-14H2,1H3. The number of hydrogen-bond acceptors (Lipinski definition) is 6. The zero-order valence-corrected chi connectivity index (χ0v) is 17.0. The first-order chi connectivity index (χ1) is 14.4. The number of hydrogen-bond donors (Lipinski definition) is 0. The predicted octanol–water partition coefficient (Wildman–Crippen LogP) is 0.478. The fraction of sp³-hybridized carbons (Fsp3) is 0.476. The Bertz CT molecular complexity index is 827. The lowest BCUT2D eigenvalue weighted by Gasteiger charge is -2.35. The monoisotopic (exact) mass is 415 g/mol. The van der Waals surface area contributed by atoms with Gasteiger partial charge in [0.25, 0.3) is 5.91 Å². The molecular formula is C21H25N3O6. The molecule has 9 nitrogen and oxygen atoms in total. The number of ketones is 1. The summed E-state index contributed by atoms with van der Waals surface area (Å²) in [5, 5.41) is 0. The van der Waals surface area contributed by atoms with Gasteiger partial charge in [0.2, 0.25) is 17.7 Å². The zero-order chi connectivity index (χ0) is 21.7. The van der Waals surface area contributed by atoms with Crippen molar-refractivity contribution in [1.82, 2.24) is 14.7 Å². The highest BCUT2D eigenvalue weighted by Gasteiger charge is 2.33. The maximum Gasteiger partial charge on any atom is 0.260 e. The molecule has 2 aliphatic heterocycles. The van der Waals surface area contributed by atoms with Crippen LogP contribution in [0.4, 0.5) is 0 Å². The van der Waals surface area contributed by atoms with Crippen LogP contribution in [0.2, 0.25) is 0 Å². The summed E-state index contributed by atoms with van der Waals surface area (Å²) in [5.74, 6) is -0.560. The summed E-state index contributed by atoms with van der Waals surface area (Å²) in [6.45, 7) is 2.84. The van der Waals surface area contributed by atoms with Gasteiger partial charge >= 0.3 is 0 Å². The fourth-order valence-electron chi connectivity index (χ4n) is 3.42. The molecule has 0 N–H and O–H groups in total. The van der Waals surface area contributed by atoms with Crippen molar-refractivity contribution < 1.29 is 28.7 Å². The first kappa shape index (κ1) is 21.5. The first-order valence-electron chi connectivity index (χ1n) is 10.0. The van der Waals surface area contributed by atoms with Gasteiger partial charge in [-0.15, -0.1) is 0 Å². The summed E-state index contributed by atoms with van der Waals surface area (Å²) in [5.41, 5.74) is 0.606. The molecule has 0 unspecified atom stereocenters. The van der Waals surface area contributed by atoms with Crippen LogP contribution in [-0.4, -0.2) is 83.4 Å². The second kappa shape index (κ2) is 9.51. The van der Waals surface area contributed by atoms with Crippen molar-refractivity contribution >= 4 is 29.4 Å². The minimum Gasteiger partial charge on any atom is -0.484 e. The molecule has 0 bridgehead atoms. The van der Waals surface area contributed by atoms with Crippen LogP contribution >= 0.6 is 0 Å². The number of imide groups is 1. The number of carbonyl (C=O) groups excluding carboxylic acids is 5. The highest BCUT2D eigenvalue weighted by Crippen LogP contribution is 2.15. The third-order valence-electron chi connectivity index (χ3n) is 5.29. The van der Waals surface area contributed by atoms with E-state index in [4.69, 9.17) is 4.74 Å². The predicted molar refractivity (Wildman–Crippen MR) is 106 cm³/mol. The highest BCUT2D eigenvalue weighted by molar-refractivity contribution is 6.04. The van der Waals surface area contributed by atoms with Gasteiger partial charge in [0.15, 0.2) is 12.4 Å². The maximum atomic E-state index is 12.4. The Morgan fingerprint density at radius 2 is 1.40 bits per heavy atom. The average molecular weight is 415 g/mol. The van der Waals surface area contributed by atoms with E-state index >= 15 is 0 Å². The number of ether oxygens (including phenoxy) is 1. The lowest BCUT2D eigenvalue weighted by atomic mass is 10.1. The molecule has 0 saturated carbocycles. The molecule has 1 aromatic carbocycles. The molecule has 4 amide bonds. The summed E-state index contributed by atoms with van der Waals surface area (Å²) in [6, 6.07) is 6.67. The Morgan fingerprint density at radius 3 is 1.93 bits per heavy atom. The Balaban J connectivity index is 1.42. The number of Topliss-reactive ketones (excluding diaryl/α,β-unsaturated/α-hetero) is 1. The zero-order valence-electron chi connectivity index (χ0n) is 17.0. The van der Waals surface area contributed by atoms with Gasteiger partial charge in [-0.2, -0.15) is 0 Å². The number of rotatable bonds is 7. The Hall–Kier alpha value is -3.23. The van der Waals surface area contributed by atoms with E-state index in [-0.39, 0.29) is 55.4 Å². The molecule has 9 heteroatoms. The van der Waals surface area contributed by atoms with Gasteiger partial charge in [-0.25, -0.2) is 0 Å². The van der Waals surface area contributed by atoms with Crippen LogP contribution in [0.5, 0.6) is 5.75 Å². The van der Waals surface area contributed by atoms with Crippen LogP contribution in [0.3, 0.4) is 0 Å². The summed E-state index contributed by atoms with van der Waals surface area (Å²) in [7, 11) is 0. The third-order valence-corrected chi connectivity index (χ3v) is 5.29. The van der Waals surface area contributed by atoms with Crippen LogP contribution < -0.4 is 4.74 Å². The van der Waals surface area contributed by atoms with Crippen molar-refractivity contribution in [3.8, 4) is 5.75 Å². The Morgan fingerprint density at radius 1 is 0.867 bits per heavy atom. The van der Waals surface area contributed by atoms with Gasteiger partial charge in [-0.3, -0.25) is 28.9 Å². The highest BCUT2D eigenvalue weighted by atomic mass is 16.5. The van der Waals surface area contributed by atoms with Crippen molar-refractivity contribution in [2.24, 2.45) is 0 Å². The minimum atomic E-state index is -0.314. The SMILES string of the molecule is CCC(=O)c1ccc(OCC(=O)N2CCN(C(=O)CN3C(=O)CCC3=O)CC2)cc1. The summed E-state index contributed by atoms with van der Waals surface area (Å²) in [6.07, 6.45) is 0.746. The van der Waals surface area contributed by atoms with Gasteiger partial charge in [-0.1, -0.05) is 6.92 Å². The second-order valence-corrected chi connectivity index (χ2v) is 7.22. The van der Waals surface area contributed by atoms with Crippen LogP contribution in [-0.2, 0) is 19.2 Å². The molecule has 1 aromatic rings. The quantitative estimate of drug-likeness (QED) is 0.474. The molecule has 2 saturated heterocycles. The molecule has 0 atom stereocenters. The normalized spacial score (nSPS) is 16.8. The van der Waals surface area contributed by atoms with Crippen molar-refractivity contribution in [1.29, 1.82) is 0 Å². The van der Waals surface area contributed by atoms with Gasteiger partial charge in [0.1, 0.15) is 12.3 Å². The number of likely N-dealkylation sites (tertiary alicyclic amines) is 1. The lowest BCUT2D eigenvalue weighted by Crippen LogP contribution is -2.53.